The molecule has 2 amide bonds. The average Bonchev–Trinajstić information content (AvgIpc) is 3.55. The first-order chi connectivity index (χ1) is 18.3. The zero-order chi connectivity index (χ0) is 26.7. The van der Waals surface area contributed by atoms with Gasteiger partial charge in [-0.3, -0.25) is 9.59 Å². The summed E-state index contributed by atoms with van der Waals surface area (Å²) in [6.45, 7) is 4.12. The number of hydrogen-bond acceptors (Lipinski definition) is 4. The lowest BCUT2D eigenvalue weighted by molar-refractivity contribution is -0.122. The first-order valence-electron chi connectivity index (χ1n) is 12.6. The summed E-state index contributed by atoms with van der Waals surface area (Å²) in [5.41, 5.74) is 7.15. The van der Waals surface area contributed by atoms with Crippen LogP contribution >= 0.6 is 11.6 Å². The van der Waals surface area contributed by atoms with Gasteiger partial charge in [-0.2, -0.15) is 0 Å². The molecule has 2 aliphatic carbocycles. The first-order valence-corrected chi connectivity index (χ1v) is 13.0. The number of amides is 2. The Bertz CT molecular complexity index is 1470. The van der Waals surface area contributed by atoms with Crippen LogP contribution < -0.4 is 4.90 Å². The molecule has 6 heteroatoms. The van der Waals surface area contributed by atoms with Crippen LogP contribution in [0, 0.1) is 37.5 Å². The first kappa shape index (κ1) is 24.4. The summed E-state index contributed by atoms with van der Waals surface area (Å²) in [5.74, 6) is -2.47. The lowest BCUT2D eigenvalue weighted by Gasteiger charge is -2.22. The Morgan fingerprint density at radius 1 is 0.789 bits per heavy atom. The molecule has 0 aromatic heterocycles. The van der Waals surface area contributed by atoms with Crippen molar-refractivity contribution >= 4 is 40.6 Å². The zero-order valence-corrected chi connectivity index (χ0v) is 22.0. The van der Waals surface area contributed by atoms with Gasteiger partial charge in [0.1, 0.15) is 0 Å². The standard InChI is InChI=1S/C32H26ClNO4/c1-17-4-8-19(9-5-17)26(20-10-6-18(2)7-11-20)27-22-13-14-23(27)29-28(22)30(35)34(31(29)36)21-12-15-25(33)24(16-21)32(37)38-3/h4-16,22-23,28-29H,1-3H3/t22-,23-,28-,29-/m0/s1. The van der Waals surface area contributed by atoms with Crippen LogP contribution in [-0.2, 0) is 14.3 Å². The number of rotatable bonds is 4. The molecule has 6 rings (SSSR count). The number of benzene rings is 3. The minimum atomic E-state index is -0.621. The summed E-state index contributed by atoms with van der Waals surface area (Å²) in [6, 6.07) is 21.4. The summed E-state index contributed by atoms with van der Waals surface area (Å²) in [4.78, 5) is 41.1. The van der Waals surface area contributed by atoms with Crippen LogP contribution in [0.5, 0.6) is 0 Å². The van der Waals surface area contributed by atoms with E-state index in [0.717, 1.165) is 22.3 Å². The van der Waals surface area contributed by atoms with Crippen molar-refractivity contribution in [3.63, 3.8) is 0 Å². The topological polar surface area (TPSA) is 63.7 Å². The van der Waals surface area contributed by atoms with Crippen molar-refractivity contribution in [2.45, 2.75) is 13.8 Å². The highest BCUT2D eigenvalue weighted by Crippen LogP contribution is 2.59. The van der Waals surface area contributed by atoms with E-state index in [2.05, 4.69) is 74.5 Å². The van der Waals surface area contributed by atoms with Gasteiger partial charge in [0.15, 0.2) is 0 Å². The second kappa shape index (κ2) is 9.10. The molecule has 0 radical (unpaired) electrons. The highest BCUT2D eigenvalue weighted by molar-refractivity contribution is 6.34. The van der Waals surface area contributed by atoms with Gasteiger partial charge < -0.3 is 4.74 Å². The number of ether oxygens (including phenoxy) is 1. The van der Waals surface area contributed by atoms with E-state index in [1.807, 2.05) is 0 Å². The number of fused-ring (bicyclic) bond motifs is 5. The van der Waals surface area contributed by atoms with Crippen LogP contribution in [-0.4, -0.2) is 24.9 Å². The van der Waals surface area contributed by atoms with Gasteiger partial charge in [0.05, 0.1) is 35.2 Å². The number of imide groups is 1. The number of carbonyl (C=O) groups excluding carboxylic acids is 3. The molecule has 3 aromatic rings. The highest BCUT2D eigenvalue weighted by Gasteiger charge is 2.62. The predicted molar refractivity (Wildman–Crippen MR) is 147 cm³/mol. The van der Waals surface area contributed by atoms with E-state index in [9.17, 15) is 14.4 Å². The second-order valence-corrected chi connectivity index (χ2v) is 10.6. The third-order valence-corrected chi connectivity index (χ3v) is 8.33. The summed E-state index contributed by atoms with van der Waals surface area (Å²) >= 11 is 6.19. The molecule has 0 spiro atoms. The fraction of sp³-hybridized carbons (Fsp3) is 0.219. The third kappa shape index (κ3) is 3.64. The minimum absolute atomic E-state index is 0.118. The van der Waals surface area contributed by atoms with E-state index in [-0.39, 0.29) is 34.2 Å². The van der Waals surface area contributed by atoms with Crippen molar-refractivity contribution in [1.29, 1.82) is 0 Å². The van der Waals surface area contributed by atoms with Crippen molar-refractivity contribution in [3.8, 4) is 0 Å². The lowest BCUT2D eigenvalue weighted by atomic mass is 9.85. The molecule has 1 saturated carbocycles. The predicted octanol–water partition coefficient (Wildman–Crippen LogP) is 6.17. The Morgan fingerprint density at radius 2 is 1.29 bits per heavy atom. The van der Waals surface area contributed by atoms with Crippen molar-refractivity contribution in [3.05, 3.63) is 117 Å². The van der Waals surface area contributed by atoms with Crippen LogP contribution in [0.2, 0.25) is 5.02 Å². The van der Waals surface area contributed by atoms with Crippen LogP contribution in [0.15, 0.2) is 84.5 Å². The van der Waals surface area contributed by atoms with E-state index < -0.39 is 17.8 Å². The summed E-state index contributed by atoms with van der Waals surface area (Å²) in [5, 5.41) is 0.202. The SMILES string of the molecule is COC(=O)c1cc(N2C(=O)[C@@H]3[C@@H](C2=O)[C@H]2C=C[C@H]3C2=C(c2ccc(C)cc2)c2ccc(C)cc2)ccc1Cl. The average molecular weight is 524 g/mol. The van der Waals surface area contributed by atoms with E-state index in [0.29, 0.717) is 5.69 Å². The van der Waals surface area contributed by atoms with Crippen LogP contribution in [0.4, 0.5) is 5.69 Å². The number of allylic oxidation sites excluding steroid dienone is 3. The number of aryl methyl sites for hydroxylation is 2. The van der Waals surface area contributed by atoms with Crippen molar-refractivity contribution < 1.29 is 19.1 Å². The van der Waals surface area contributed by atoms with Gasteiger partial charge in [-0.1, -0.05) is 83.4 Å². The lowest BCUT2D eigenvalue weighted by Crippen LogP contribution is -2.33. The molecular weight excluding hydrogens is 498 g/mol. The van der Waals surface area contributed by atoms with E-state index in [4.69, 9.17) is 16.3 Å². The van der Waals surface area contributed by atoms with Gasteiger partial charge in [-0.05, 0) is 54.3 Å². The molecule has 1 aliphatic heterocycles. The maximum absolute atomic E-state index is 13.9. The van der Waals surface area contributed by atoms with Gasteiger partial charge in [0.25, 0.3) is 0 Å². The molecule has 4 atom stereocenters. The maximum atomic E-state index is 13.9. The van der Waals surface area contributed by atoms with Gasteiger partial charge in [0.2, 0.25) is 11.8 Å². The van der Waals surface area contributed by atoms with Gasteiger partial charge >= 0.3 is 5.97 Å². The van der Waals surface area contributed by atoms with Crippen LogP contribution in [0.25, 0.3) is 5.57 Å². The molecule has 5 nitrogen and oxygen atoms in total. The Labute approximate surface area is 226 Å². The molecule has 0 N–H and O–H groups in total. The van der Waals surface area contributed by atoms with Crippen molar-refractivity contribution in [2.24, 2.45) is 23.7 Å². The number of nitrogens with zero attached hydrogens (tertiary/aromatic N) is 1. The monoisotopic (exact) mass is 523 g/mol. The molecule has 1 saturated heterocycles. The van der Waals surface area contributed by atoms with Gasteiger partial charge in [-0.15, -0.1) is 0 Å². The smallest absolute Gasteiger partial charge is 0.339 e. The Morgan fingerprint density at radius 3 is 1.76 bits per heavy atom. The summed E-state index contributed by atoms with van der Waals surface area (Å²) in [6.07, 6.45) is 4.17. The van der Waals surface area contributed by atoms with Gasteiger partial charge in [0, 0.05) is 11.8 Å². The third-order valence-electron chi connectivity index (χ3n) is 8.00. The molecule has 38 heavy (non-hydrogen) atoms. The number of carbonyl (C=O) groups is 3. The van der Waals surface area contributed by atoms with E-state index in [1.54, 1.807) is 6.07 Å². The molecular formula is C32H26ClNO4. The highest BCUT2D eigenvalue weighted by atomic mass is 35.5. The molecule has 190 valence electrons. The van der Waals surface area contributed by atoms with Crippen LogP contribution in [0.3, 0.4) is 0 Å². The molecule has 2 fully saturated rings. The van der Waals surface area contributed by atoms with Crippen molar-refractivity contribution in [1.82, 2.24) is 0 Å². The number of methoxy groups -OCH3 is 1. The zero-order valence-electron chi connectivity index (χ0n) is 21.3. The quantitative estimate of drug-likeness (QED) is 0.233. The van der Waals surface area contributed by atoms with Crippen molar-refractivity contribution in [2.75, 3.05) is 12.0 Å². The molecule has 1 heterocycles. The number of anilines is 1. The van der Waals surface area contributed by atoms with Crippen LogP contribution in [0.1, 0.15) is 32.6 Å². The van der Waals surface area contributed by atoms with Gasteiger partial charge in [-0.25, -0.2) is 9.69 Å². The molecule has 3 aliphatic rings. The molecule has 3 aromatic carbocycles. The number of esters is 1. The molecule has 0 unspecified atom stereocenters. The fourth-order valence-electron chi connectivity index (χ4n) is 6.21. The number of halogens is 1. The van der Waals surface area contributed by atoms with E-state index in [1.165, 1.54) is 35.3 Å². The summed E-state index contributed by atoms with van der Waals surface area (Å²) in [7, 11) is 1.26. The Balaban J connectivity index is 1.45. The normalized spacial score (nSPS) is 23.3. The fourth-order valence-corrected chi connectivity index (χ4v) is 6.40. The Hall–Kier alpha value is -3.96. The second-order valence-electron chi connectivity index (χ2n) is 10.2. The Kier molecular flexibility index (Phi) is 5.84. The number of hydrogen-bond donors (Lipinski definition) is 0. The van der Waals surface area contributed by atoms with E-state index >= 15 is 0 Å². The summed E-state index contributed by atoms with van der Waals surface area (Å²) < 4.78 is 4.82. The molecule has 2 bridgehead atoms. The largest absolute Gasteiger partial charge is 0.465 e. The minimum Gasteiger partial charge on any atom is -0.465 e. The maximum Gasteiger partial charge on any atom is 0.339 e.